The van der Waals surface area contributed by atoms with Crippen LogP contribution in [0, 0.1) is 0 Å². The van der Waals surface area contributed by atoms with E-state index in [4.69, 9.17) is 9.52 Å². The van der Waals surface area contributed by atoms with E-state index in [0.29, 0.717) is 11.1 Å². The first-order valence-electron chi connectivity index (χ1n) is 5.91. The summed E-state index contributed by atoms with van der Waals surface area (Å²) in [6, 6.07) is 5.36. The lowest BCUT2D eigenvalue weighted by atomic mass is 10.1. The molecule has 1 aromatic heterocycles. The van der Waals surface area contributed by atoms with Crippen molar-refractivity contribution >= 4 is 40.5 Å². The maximum atomic E-state index is 11.2. The minimum absolute atomic E-state index is 0.0193. The first kappa shape index (κ1) is 14.4. The van der Waals surface area contributed by atoms with Crippen LogP contribution in [-0.2, 0) is 9.59 Å². The number of nitrogens with zero attached hydrogens (tertiary/aromatic N) is 2. The van der Waals surface area contributed by atoms with Crippen LogP contribution in [0.15, 0.2) is 22.6 Å². The Balaban J connectivity index is 2.43. The second-order valence-electron chi connectivity index (χ2n) is 4.59. The highest BCUT2D eigenvalue weighted by molar-refractivity contribution is 7.96. The number of carboxylic acids is 1. The molecule has 1 N–H and O–H groups in total. The summed E-state index contributed by atoms with van der Waals surface area (Å²) in [5, 5.41) is 8.63. The number of carbonyl (C=O) groups excluding carboxylic acids is 1. The standard InChI is InChI=1S/C13H14N2O4S/c1-15(2)7-3-4-10-9(5-7)14-12(19-10)8(13(17)18)6-11(16)20/h3-5,8H,6H2,1-2H3,(H,16,20)(H,17,18). The maximum absolute atomic E-state index is 11.2. The minimum Gasteiger partial charge on any atom is -0.481 e. The summed E-state index contributed by atoms with van der Waals surface area (Å²) in [6.07, 6.45) is -0.258. The van der Waals surface area contributed by atoms with E-state index >= 15 is 0 Å². The molecule has 0 spiro atoms. The van der Waals surface area contributed by atoms with E-state index in [0.717, 1.165) is 5.69 Å². The monoisotopic (exact) mass is 294 g/mol. The van der Waals surface area contributed by atoms with Gasteiger partial charge in [-0.2, -0.15) is 0 Å². The van der Waals surface area contributed by atoms with Crippen molar-refractivity contribution in [2.45, 2.75) is 12.3 Å². The van der Waals surface area contributed by atoms with Crippen molar-refractivity contribution in [2.75, 3.05) is 19.0 Å². The number of hydrogen-bond acceptors (Lipinski definition) is 5. The average molecular weight is 294 g/mol. The molecular formula is C13H14N2O4S. The van der Waals surface area contributed by atoms with E-state index in [1.807, 2.05) is 25.1 Å². The van der Waals surface area contributed by atoms with E-state index in [1.54, 1.807) is 12.1 Å². The molecule has 1 aromatic carbocycles. The van der Waals surface area contributed by atoms with Crippen molar-refractivity contribution in [1.29, 1.82) is 0 Å². The molecule has 0 aliphatic carbocycles. The van der Waals surface area contributed by atoms with Crippen LogP contribution in [-0.4, -0.2) is 35.3 Å². The van der Waals surface area contributed by atoms with Gasteiger partial charge in [-0.15, -0.1) is 12.6 Å². The Kier molecular flexibility index (Phi) is 3.99. The third kappa shape index (κ3) is 2.93. The lowest BCUT2D eigenvalue weighted by Crippen LogP contribution is -2.14. The molecule has 6 nitrogen and oxygen atoms in total. The number of aromatic nitrogens is 1. The molecule has 0 aliphatic rings. The first-order valence-corrected chi connectivity index (χ1v) is 6.35. The van der Waals surface area contributed by atoms with Crippen LogP contribution in [0.1, 0.15) is 18.2 Å². The Labute approximate surface area is 120 Å². The van der Waals surface area contributed by atoms with Crippen molar-refractivity contribution in [3.63, 3.8) is 0 Å². The quantitative estimate of drug-likeness (QED) is 0.820. The van der Waals surface area contributed by atoms with Gasteiger partial charge in [-0.3, -0.25) is 9.59 Å². The predicted octanol–water partition coefficient (Wildman–Crippen LogP) is 1.91. The third-order valence-electron chi connectivity index (χ3n) is 2.88. The molecule has 1 atom stereocenters. The summed E-state index contributed by atoms with van der Waals surface area (Å²) >= 11 is 3.61. The number of benzene rings is 1. The van der Waals surface area contributed by atoms with Crippen LogP contribution < -0.4 is 4.90 Å². The van der Waals surface area contributed by atoms with E-state index in [9.17, 15) is 9.59 Å². The zero-order chi connectivity index (χ0) is 14.9. The van der Waals surface area contributed by atoms with Crippen molar-refractivity contribution in [1.82, 2.24) is 4.98 Å². The lowest BCUT2D eigenvalue weighted by molar-refractivity contribution is -0.140. The number of fused-ring (bicyclic) bond motifs is 1. The third-order valence-corrected chi connectivity index (χ3v) is 3.06. The Morgan fingerprint density at radius 1 is 1.45 bits per heavy atom. The molecule has 0 amide bonds. The van der Waals surface area contributed by atoms with Crippen LogP contribution in [0.2, 0.25) is 0 Å². The number of carboxylic acid groups (broad SMARTS) is 1. The van der Waals surface area contributed by atoms with Gasteiger partial charge in [0.1, 0.15) is 11.4 Å². The molecular weight excluding hydrogens is 280 g/mol. The Morgan fingerprint density at radius 2 is 2.15 bits per heavy atom. The van der Waals surface area contributed by atoms with Gasteiger partial charge in [0.05, 0.1) is 0 Å². The van der Waals surface area contributed by atoms with Crippen molar-refractivity contribution in [2.24, 2.45) is 0 Å². The second-order valence-corrected chi connectivity index (χ2v) is 5.09. The summed E-state index contributed by atoms with van der Waals surface area (Å²) in [6.45, 7) is 0. The molecule has 7 heteroatoms. The van der Waals surface area contributed by atoms with Gasteiger partial charge in [-0.1, -0.05) is 0 Å². The van der Waals surface area contributed by atoms with E-state index in [-0.39, 0.29) is 12.3 Å². The fourth-order valence-corrected chi connectivity index (χ4v) is 2.00. The van der Waals surface area contributed by atoms with Gasteiger partial charge in [0.15, 0.2) is 10.7 Å². The topological polar surface area (TPSA) is 83.6 Å². The van der Waals surface area contributed by atoms with Crippen LogP contribution in [0.4, 0.5) is 5.69 Å². The Morgan fingerprint density at radius 3 is 2.70 bits per heavy atom. The van der Waals surface area contributed by atoms with Gasteiger partial charge in [0, 0.05) is 26.2 Å². The normalized spacial score (nSPS) is 12.3. The SMILES string of the molecule is CN(C)c1ccc2oc(C(CC(=O)S)C(=O)O)nc2c1. The number of thiol groups is 1. The highest BCUT2D eigenvalue weighted by Crippen LogP contribution is 2.27. The van der Waals surface area contributed by atoms with E-state index in [1.165, 1.54) is 0 Å². The Bertz CT molecular complexity index is 665. The molecule has 1 unspecified atom stereocenters. The molecule has 106 valence electrons. The highest BCUT2D eigenvalue weighted by Gasteiger charge is 2.27. The molecule has 2 rings (SSSR count). The predicted molar refractivity (Wildman–Crippen MR) is 77.3 cm³/mol. The van der Waals surface area contributed by atoms with Gasteiger partial charge in [-0.25, -0.2) is 4.98 Å². The largest absolute Gasteiger partial charge is 0.481 e. The fourth-order valence-electron chi connectivity index (χ4n) is 1.82. The van der Waals surface area contributed by atoms with Crippen LogP contribution >= 0.6 is 12.6 Å². The summed E-state index contributed by atoms with van der Waals surface area (Å²) in [5.74, 6) is -2.26. The van der Waals surface area contributed by atoms with Gasteiger partial charge < -0.3 is 14.4 Å². The summed E-state index contributed by atoms with van der Waals surface area (Å²) < 4.78 is 5.43. The number of hydrogen-bond donors (Lipinski definition) is 2. The number of anilines is 1. The van der Waals surface area contributed by atoms with Crippen molar-refractivity contribution in [3.8, 4) is 0 Å². The van der Waals surface area contributed by atoms with Gasteiger partial charge >= 0.3 is 5.97 Å². The van der Waals surface area contributed by atoms with Crippen molar-refractivity contribution in [3.05, 3.63) is 24.1 Å². The second kappa shape index (κ2) is 5.54. The number of aliphatic carboxylic acids is 1. The first-order chi connectivity index (χ1) is 9.38. The molecule has 0 saturated carbocycles. The number of oxazole rings is 1. The van der Waals surface area contributed by atoms with E-state index in [2.05, 4.69) is 17.6 Å². The molecule has 0 radical (unpaired) electrons. The number of rotatable bonds is 5. The average Bonchev–Trinajstić information content (AvgIpc) is 2.77. The summed E-state index contributed by atoms with van der Waals surface area (Å²) in [5.41, 5.74) is 1.97. The highest BCUT2D eigenvalue weighted by atomic mass is 32.1. The zero-order valence-electron chi connectivity index (χ0n) is 11.0. The summed E-state index contributed by atoms with van der Waals surface area (Å²) in [4.78, 5) is 28.3. The zero-order valence-corrected chi connectivity index (χ0v) is 11.9. The van der Waals surface area contributed by atoms with Gasteiger partial charge in [0.2, 0.25) is 5.89 Å². The molecule has 1 heterocycles. The maximum Gasteiger partial charge on any atom is 0.316 e. The minimum atomic E-state index is -1.16. The van der Waals surface area contributed by atoms with Crippen LogP contribution in [0.25, 0.3) is 11.1 Å². The Hall–Kier alpha value is -2.02. The van der Waals surface area contributed by atoms with Crippen LogP contribution in [0.5, 0.6) is 0 Å². The molecule has 2 aromatic rings. The molecule has 0 fully saturated rings. The molecule has 0 bridgehead atoms. The summed E-state index contributed by atoms with van der Waals surface area (Å²) in [7, 11) is 3.78. The number of carbonyl (C=O) groups is 2. The van der Waals surface area contributed by atoms with E-state index < -0.39 is 17.0 Å². The molecule has 0 aliphatic heterocycles. The van der Waals surface area contributed by atoms with Gasteiger partial charge in [0.25, 0.3) is 0 Å². The molecule has 0 saturated heterocycles. The smallest absolute Gasteiger partial charge is 0.316 e. The van der Waals surface area contributed by atoms with Crippen molar-refractivity contribution < 1.29 is 19.1 Å². The lowest BCUT2D eigenvalue weighted by Gasteiger charge is -2.10. The fraction of sp³-hybridized carbons (Fsp3) is 0.308. The molecule has 20 heavy (non-hydrogen) atoms. The van der Waals surface area contributed by atoms with Gasteiger partial charge in [-0.05, 0) is 18.2 Å². The van der Waals surface area contributed by atoms with Crippen LogP contribution in [0.3, 0.4) is 0 Å².